The fraction of sp³-hybridized carbons (Fsp3) is 0.517. The number of nitrogens with one attached hydrogen (secondary N) is 1. The second kappa shape index (κ2) is 12.2. The van der Waals surface area contributed by atoms with E-state index < -0.39 is 5.97 Å². The number of carbonyl (C=O) groups is 2. The molecule has 1 heterocycles. The molecule has 1 fully saturated rings. The number of amides is 1. The van der Waals surface area contributed by atoms with Crippen LogP contribution in [0.25, 0.3) is 0 Å². The van der Waals surface area contributed by atoms with Gasteiger partial charge in [0.05, 0.1) is 12.5 Å². The van der Waals surface area contributed by atoms with Crippen LogP contribution in [0.2, 0.25) is 0 Å². The van der Waals surface area contributed by atoms with Crippen LogP contribution in [0.4, 0.5) is 0 Å². The van der Waals surface area contributed by atoms with E-state index in [0.29, 0.717) is 31.2 Å². The summed E-state index contributed by atoms with van der Waals surface area (Å²) in [5.74, 6) is 0.109. The molecule has 6 heteroatoms. The number of benzene rings is 2. The highest BCUT2D eigenvalue weighted by molar-refractivity contribution is 5.83. The van der Waals surface area contributed by atoms with Crippen LogP contribution in [0.15, 0.2) is 54.6 Å². The van der Waals surface area contributed by atoms with Crippen molar-refractivity contribution in [3.05, 3.63) is 65.7 Å². The van der Waals surface area contributed by atoms with Crippen molar-refractivity contribution in [1.82, 2.24) is 10.2 Å². The van der Waals surface area contributed by atoms with Gasteiger partial charge in [-0.3, -0.25) is 9.59 Å². The van der Waals surface area contributed by atoms with Gasteiger partial charge in [0, 0.05) is 13.1 Å². The van der Waals surface area contributed by atoms with Crippen molar-refractivity contribution in [1.29, 1.82) is 0 Å². The highest BCUT2D eigenvalue weighted by atomic mass is 16.5. The molecule has 0 unspecified atom stereocenters. The van der Waals surface area contributed by atoms with Gasteiger partial charge >= 0.3 is 5.97 Å². The van der Waals surface area contributed by atoms with Gasteiger partial charge in [-0.2, -0.15) is 0 Å². The molecule has 0 bridgehead atoms. The first kappa shape index (κ1) is 26.7. The fourth-order valence-corrected chi connectivity index (χ4v) is 4.84. The third-order valence-electron chi connectivity index (χ3n) is 7.23. The molecule has 2 aromatic rings. The number of hydrogen-bond donors (Lipinski definition) is 2. The highest BCUT2D eigenvalue weighted by Crippen LogP contribution is 2.40. The van der Waals surface area contributed by atoms with Gasteiger partial charge in [-0.05, 0) is 59.9 Å². The topological polar surface area (TPSA) is 78.9 Å². The van der Waals surface area contributed by atoms with Gasteiger partial charge in [0.25, 0.3) is 0 Å². The quantitative estimate of drug-likeness (QED) is 0.499. The zero-order valence-electron chi connectivity index (χ0n) is 21.5. The van der Waals surface area contributed by atoms with Gasteiger partial charge in [-0.1, -0.05) is 70.2 Å². The number of hydrogen-bond acceptors (Lipinski definition) is 5. The van der Waals surface area contributed by atoms with E-state index in [9.17, 15) is 14.7 Å². The molecule has 3 atom stereocenters. The Labute approximate surface area is 209 Å². The number of rotatable bonds is 10. The number of aromatic hydroxyl groups is 1. The normalized spacial score (nSPS) is 21.5. The Morgan fingerprint density at radius 3 is 2.57 bits per heavy atom. The molecule has 190 valence electrons. The SMILES string of the molecule is CC(C)COC(=O)CNC(=O)[C@@H](Cc1ccccc1)CN1CC[C@@](C)(c2cccc(O)c2)[C@@H](C)C1. The molecule has 1 aliphatic rings. The summed E-state index contributed by atoms with van der Waals surface area (Å²) in [5, 5.41) is 12.8. The van der Waals surface area contributed by atoms with E-state index in [1.54, 1.807) is 6.07 Å². The highest BCUT2D eigenvalue weighted by Gasteiger charge is 2.39. The minimum Gasteiger partial charge on any atom is -0.508 e. The lowest BCUT2D eigenvalue weighted by Crippen LogP contribution is -2.50. The smallest absolute Gasteiger partial charge is 0.325 e. The second-order valence-corrected chi connectivity index (χ2v) is 10.6. The van der Waals surface area contributed by atoms with Gasteiger partial charge in [-0.15, -0.1) is 0 Å². The van der Waals surface area contributed by atoms with Crippen LogP contribution in [-0.2, 0) is 26.2 Å². The number of piperidine rings is 1. The van der Waals surface area contributed by atoms with Crippen molar-refractivity contribution < 1.29 is 19.4 Å². The predicted octanol–water partition coefficient (Wildman–Crippen LogP) is 4.17. The maximum atomic E-state index is 13.2. The number of phenols is 1. The lowest BCUT2D eigenvalue weighted by atomic mass is 9.68. The molecule has 0 spiro atoms. The lowest BCUT2D eigenvalue weighted by Gasteiger charge is -2.45. The molecule has 2 N–H and O–H groups in total. The van der Waals surface area contributed by atoms with E-state index in [2.05, 4.69) is 30.1 Å². The zero-order valence-corrected chi connectivity index (χ0v) is 21.5. The van der Waals surface area contributed by atoms with Crippen molar-refractivity contribution in [3.8, 4) is 5.75 Å². The van der Waals surface area contributed by atoms with Crippen LogP contribution < -0.4 is 5.32 Å². The summed E-state index contributed by atoms with van der Waals surface area (Å²) >= 11 is 0. The third-order valence-corrected chi connectivity index (χ3v) is 7.23. The number of carbonyl (C=O) groups excluding carboxylic acids is 2. The number of esters is 1. The minimum atomic E-state index is -0.404. The molecule has 0 aromatic heterocycles. The van der Waals surface area contributed by atoms with E-state index in [4.69, 9.17) is 4.74 Å². The molecular weight excluding hydrogens is 440 g/mol. The van der Waals surface area contributed by atoms with Crippen LogP contribution in [0.1, 0.15) is 45.2 Å². The second-order valence-electron chi connectivity index (χ2n) is 10.6. The van der Waals surface area contributed by atoms with Gasteiger partial charge in [0.1, 0.15) is 12.3 Å². The van der Waals surface area contributed by atoms with Crippen LogP contribution in [0, 0.1) is 17.8 Å². The molecule has 1 aliphatic heterocycles. The standard InChI is InChI=1S/C29H40N2O4/c1-21(2)20-35-27(33)17-30-28(34)24(15-23-9-6-5-7-10-23)19-31-14-13-29(4,22(3)18-31)25-11-8-12-26(32)16-25/h5-12,16,21-22,24,32H,13-15,17-20H2,1-4H3,(H,30,34)/t22-,24-,29+/m0/s1. The van der Waals surface area contributed by atoms with Crippen molar-refractivity contribution >= 4 is 11.9 Å². The summed E-state index contributed by atoms with van der Waals surface area (Å²) < 4.78 is 5.21. The summed E-state index contributed by atoms with van der Waals surface area (Å²) in [6, 6.07) is 17.6. The first-order valence-electron chi connectivity index (χ1n) is 12.7. The van der Waals surface area contributed by atoms with E-state index >= 15 is 0 Å². The Kier molecular flexibility index (Phi) is 9.33. The van der Waals surface area contributed by atoms with Crippen molar-refractivity contribution in [3.63, 3.8) is 0 Å². The maximum absolute atomic E-state index is 13.2. The van der Waals surface area contributed by atoms with Crippen LogP contribution in [0.5, 0.6) is 5.75 Å². The number of nitrogens with zero attached hydrogens (tertiary/aromatic N) is 1. The molecule has 35 heavy (non-hydrogen) atoms. The number of likely N-dealkylation sites (tertiary alicyclic amines) is 1. The molecule has 1 saturated heterocycles. The van der Waals surface area contributed by atoms with E-state index in [1.165, 1.54) is 0 Å². The van der Waals surface area contributed by atoms with Gasteiger partial charge in [0.2, 0.25) is 5.91 Å². The first-order valence-corrected chi connectivity index (χ1v) is 12.7. The average Bonchev–Trinajstić information content (AvgIpc) is 2.83. The Morgan fingerprint density at radius 2 is 1.91 bits per heavy atom. The number of phenolic OH excluding ortho intramolecular Hbond substituents is 1. The maximum Gasteiger partial charge on any atom is 0.325 e. The van der Waals surface area contributed by atoms with E-state index in [1.807, 2.05) is 56.3 Å². The summed E-state index contributed by atoms with van der Waals surface area (Å²) in [7, 11) is 0. The average molecular weight is 481 g/mol. The summed E-state index contributed by atoms with van der Waals surface area (Å²) in [6.45, 7) is 11.1. The number of ether oxygens (including phenoxy) is 1. The largest absolute Gasteiger partial charge is 0.508 e. The summed E-state index contributed by atoms with van der Waals surface area (Å²) in [4.78, 5) is 27.5. The Bertz CT molecular complexity index is 978. The van der Waals surface area contributed by atoms with Crippen molar-refractivity contribution in [2.45, 2.75) is 46.0 Å². The fourth-order valence-electron chi connectivity index (χ4n) is 4.84. The third kappa shape index (κ3) is 7.56. The van der Waals surface area contributed by atoms with Crippen molar-refractivity contribution in [2.75, 3.05) is 32.8 Å². The predicted molar refractivity (Wildman–Crippen MR) is 138 cm³/mol. The molecule has 3 rings (SSSR count). The summed E-state index contributed by atoms with van der Waals surface area (Å²) in [6.07, 6.45) is 1.56. The molecule has 0 saturated carbocycles. The first-order chi connectivity index (χ1) is 16.7. The van der Waals surface area contributed by atoms with Crippen molar-refractivity contribution in [2.24, 2.45) is 17.8 Å². The van der Waals surface area contributed by atoms with E-state index in [-0.39, 0.29) is 29.7 Å². The van der Waals surface area contributed by atoms with E-state index in [0.717, 1.165) is 30.6 Å². The lowest BCUT2D eigenvalue weighted by molar-refractivity contribution is -0.145. The Hall–Kier alpha value is -2.86. The van der Waals surface area contributed by atoms with Crippen LogP contribution >= 0.6 is 0 Å². The monoisotopic (exact) mass is 480 g/mol. The van der Waals surface area contributed by atoms with Crippen LogP contribution in [-0.4, -0.2) is 54.7 Å². The molecule has 6 nitrogen and oxygen atoms in total. The summed E-state index contributed by atoms with van der Waals surface area (Å²) in [5.41, 5.74) is 2.22. The van der Waals surface area contributed by atoms with Gasteiger partial charge in [-0.25, -0.2) is 0 Å². The molecule has 2 aromatic carbocycles. The van der Waals surface area contributed by atoms with Gasteiger partial charge < -0.3 is 20.1 Å². The molecule has 0 aliphatic carbocycles. The zero-order chi connectivity index (χ0) is 25.4. The van der Waals surface area contributed by atoms with Crippen LogP contribution in [0.3, 0.4) is 0 Å². The minimum absolute atomic E-state index is 0.0351. The Morgan fingerprint density at radius 1 is 1.17 bits per heavy atom. The molecule has 0 radical (unpaired) electrons. The molecular formula is C29H40N2O4. The van der Waals surface area contributed by atoms with Gasteiger partial charge in [0.15, 0.2) is 0 Å². The molecule has 1 amide bonds. The Balaban J connectivity index is 1.65.